The molecule has 0 radical (unpaired) electrons. The van der Waals surface area contributed by atoms with Gasteiger partial charge >= 0.3 is 0 Å². The van der Waals surface area contributed by atoms with Gasteiger partial charge in [-0.3, -0.25) is 0 Å². The lowest BCUT2D eigenvalue weighted by Crippen LogP contribution is -2.31. The van der Waals surface area contributed by atoms with Crippen molar-refractivity contribution in [1.29, 1.82) is 0 Å². The number of hydrogen-bond donors (Lipinski definition) is 2. The van der Waals surface area contributed by atoms with Crippen molar-refractivity contribution in [1.82, 2.24) is 9.97 Å². The molecule has 100 valence electrons. The first-order chi connectivity index (χ1) is 8.49. The molecule has 4 heteroatoms. The highest BCUT2D eigenvalue weighted by Gasteiger charge is 2.24. The molecular formula is C14H24N4. The Morgan fingerprint density at radius 1 is 1.22 bits per heavy atom. The standard InChI is InChI=1S/C14H24N4/c1-8(2)13-17-12(15)9(3)14(18-13)16-10(4)11-6-5-7-11/h8,10-11H,5-7H2,1-4H3,(H3,15,16,17,18). The Morgan fingerprint density at radius 2 is 1.89 bits per heavy atom. The molecule has 1 fully saturated rings. The number of aromatic nitrogens is 2. The molecule has 1 heterocycles. The van der Waals surface area contributed by atoms with E-state index in [1.54, 1.807) is 0 Å². The van der Waals surface area contributed by atoms with E-state index in [0.29, 0.717) is 17.8 Å². The molecular weight excluding hydrogens is 224 g/mol. The highest BCUT2D eigenvalue weighted by molar-refractivity contribution is 5.55. The number of hydrogen-bond acceptors (Lipinski definition) is 4. The van der Waals surface area contributed by atoms with Gasteiger partial charge in [0.25, 0.3) is 0 Å². The Bertz CT molecular complexity index is 424. The van der Waals surface area contributed by atoms with Gasteiger partial charge in [0, 0.05) is 17.5 Å². The number of rotatable bonds is 4. The molecule has 1 saturated carbocycles. The SMILES string of the molecule is Cc1c(N)nc(C(C)C)nc1NC(C)C1CCC1. The second-order valence-corrected chi connectivity index (χ2v) is 5.72. The molecule has 1 aromatic rings. The molecule has 0 aromatic carbocycles. The van der Waals surface area contributed by atoms with Gasteiger partial charge in [-0.25, -0.2) is 9.97 Å². The maximum atomic E-state index is 5.97. The van der Waals surface area contributed by atoms with Gasteiger partial charge in [-0.05, 0) is 32.6 Å². The lowest BCUT2D eigenvalue weighted by Gasteiger charge is -2.32. The van der Waals surface area contributed by atoms with Crippen LogP contribution in [-0.4, -0.2) is 16.0 Å². The Kier molecular flexibility index (Phi) is 3.73. The third-order valence-electron chi connectivity index (χ3n) is 3.94. The molecule has 18 heavy (non-hydrogen) atoms. The smallest absolute Gasteiger partial charge is 0.135 e. The van der Waals surface area contributed by atoms with Crippen LogP contribution in [0.4, 0.5) is 11.6 Å². The van der Waals surface area contributed by atoms with Crippen LogP contribution < -0.4 is 11.1 Å². The normalized spacial score (nSPS) is 17.6. The largest absolute Gasteiger partial charge is 0.383 e. The Balaban J connectivity index is 2.19. The molecule has 0 bridgehead atoms. The van der Waals surface area contributed by atoms with E-state index < -0.39 is 0 Å². The summed E-state index contributed by atoms with van der Waals surface area (Å²) >= 11 is 0. The van der Waals surface area contributed by atoms with Crippen molar-refractivity contribution < 1.29 is 0 Å². The first-order valence-corrected chi connectivity index (χ1v) is 6.89. The Hall–Kier alpha value is -1.32. The number of nitrogens with one attached hydrogen (secondary N) is 1. The van der Waals surface area contributed by atoms with Crippen LogP contribution in [0.2, 0.25) is 0 Å². The lowest BCUT2D eigenvalue weighted by atomic mass is 9.80. The molecule has 0 aliphatic heterocycles. The van der Waals surface area contributed by atoms with E-state index in [1.807, 2.05) is 6.92 Å². The van der Waals surface area contributed by atoms with E-state index in [1.165, 1.54) is 19.3 Å². The average Bonchev–Trinajstić information content (AvgIpc) is 2.21. The molecule has 1 aromatic heterocycles. The maximum absolute atomic E-state index is 5.97. The number of nitrogens with two attached hydrogens (primary N) is 1. The fraction of sp³-hybridized carbons (Fsp3) is 0.714. The predicted molar refractivity (Wildman–Crippen MR) is 75.7 cm³/mol. The van der Waals surface area contributed by atoms with E-state index in [2.05, 4.69) is 36.1 Å². The van der Waals surface area contributed by atoms with Crippen molar-refractivity contribution in [3.63, 3.8) is 0 Å². The van der Waals surface area contributed by atoms with Gasteiger partial charge in [0.05, 0.1) is 0 Å². The van der Waals surface area contributed by atoms with Gasteiger partial charge in [0.15, 0.2) is 0 Å². The summed E-state index contributed by atoms with van der Waals surface area (Å²) < 4.78 is 0. The van der Waals surface area contributed by atoms with E-state index in [9.17, 15) is 0 Å². The molecule has 2 rings (SSSR count). The fourth-order valence-electron chi connectivity index (χ4n) is 2.22. The van der Waals surface area contributed by atoms with Gasteiger partial charge in [0.2, 0.25) is 0 Å². The minimum Gasteiger partial charge on any atom is -0.383 e. The number of nitrogens with zero attached hydrogens (tertiary/aromatic N) is 2. The third-order valence-corrected chi connectivity index (χ3v) is 3.94. The minimum absolute atomic E-state index is 0.299. The number of anilines is 2. The predicted octanol–water partition coefficient (Wildman–Crippen LogP) is 3.09. The Labute approximate surface area is 109 Å². The van der Waals surface area contributed by atoms with Gasteiger partial charge in [0.1, 0.15) is 17.5 Å². The summed E-state index contributed by atoms with van der Waals surface area (Å²) in [5.74, 6) is 3.40. The van der Waals surface area contributed by atoms with Crippen LogP contribution in [0.25, 0.3) is 0 Å². The van der Waals surface area contributed by atoms with Crippen LogP contribution in [0.1, 0.15) is 57.3 Å². The molecule has 3 N–H and O–H groups in total. The van der Waals surface area contributed by atoms with Crippen molar-refractivity contribution in [2.24, 2.45) is 5.92 Å². The van der Waals surface area contributed by atoms with Crippen LogP contribution in [-0.2, 0) is 0 Å². The van der Waals surface area contributed by atoms with E-state index in [4.69, 9.17) is 5.73 Å². The van der Waals surface area contributed by atoms with E-state index in [0.717, 1.165) is 23.1 Å². The van der Waals surface area contributed by atoms with Crippen molar-refractivity contribution in [3.8, 4) is 0 Å². The highest BCUT2D eigenvalue weighted by Crippen LogP contribution is 2.31. The van der Waals surface area contributed by atoms with Gasteiger partial charge < -0.3 is 11.1 Å². The van der Waals surface area contributed by atoms with Crippen LogP contribution in [0.5, 0.6) is 0 Å². The molecule has 1 unspecified atom stereocenters. The van der Waals surface area contributed by atoms with Crippen LogP contribution in [0.15, 0.2) is 0 Å². The molecule has 1 aliphatic rings. The van der Waals surface area contributed by atoms with Gasteiger partial charge in [-0.2, -0.15) is 0 Å². The van der Waals surface area contributed by atoms with Crippen LogP contribution in [0.3, 0.4) is 0 Å². The van der Waals surface area contributed by atoms with Crippen LogP contribution in [0, 0.1) is 12.8 Å². The molecule has 1 atom stereocenters. The average molecular weight is 248 g/mol. The molecule has 0 spiro atoms. The fourth-order valence-corrected chi connectivity index (χ4v) is 2.22. The quantitative estimate of drug-likeness (QED) is 0.859. The van der Waals surface area contributed by atoms with Crippen molar-refractivity contribution in [3.05, 3.63) is 11.4 Å². The van der Waals surface area contributed by atoms with Crippen LogP contribution >= 0.6 is 0 Å². The van der Waals surface area contributed by atoms with Crippen molar-refractivity contribution in [2.75, 3.05) is 11.1 Å². The monoisotopic (exact) mass is 248 g/mol. The highest BCUT2D eigenvalue weighted by atomic mass is 15.1. The summed E-state index contributed by atoms with van der Waals surface area (Å²) in [4.78, 5) is 8.96. The van der Waals surface area contributed by atoms with Gasteiger partial charge in [-0.1, -0.05) is 20.3 Å². The zero-order valence-corrected chi connectivity index (χ0v) is 11.8. The molecule has 4 nitrogen and oxygen atoms in total. The van der Waals surface area contributed by atoms with Gasteiger partial charge in [-0.15, -0.1) is 0 Å². The summed E-state index contributed by atoms with van der Waals surface area (Å²) in [5.41, 5.74) is 6.93. The molecule has 0 amide bonds. The second kappa shape index (κ2) is 5.12. The summed E-state index contributed by atoms with van der Waals surface area (Å²) in [7, 11) is 0. The summed E-state index contributed by atoms with van der Waals surface area (Å²) in [6.07, 6.45) is 4.01. The lowest BCUT2D eigenvalue weighted by molar-refractivity contribution is 0.285. The second-order valence-electron chi connectivity index (χ2n) is 5.72. The van der Waals surface area contributed by atoms with Crippen molar-refractivity contribution >= 4 is 11.6 Å². The summed E-state index contributed by atoms with van der Waals surface area (Å²) in [6.45, 7) is 8.39. The van der Waals surface area contributed by atoms with E-state index >= 15 is 0 Å². The minimum atomic E-state index is 0.299. The third kappa shape index (κ3) is 2.57. The Morgan fingerprint density at radius 3 is 2.39 bits per heavy atom. The topological polar surface area (TPSA) is 63.8 Å². The summed E-state index contributed by atoms with van der Waals surface area (Å²) in [6, 6.07) is 0.465. The summed E-state index contributed by atoms with van der Waals surface area (Å²) in [5, 5.41) is 3.52. The molecule has 0 saturated heterocycles. The van der Waals surface area contributed by atoms with Crippen molar-refractivity contribution in [2.45, 2.75) is 58.9 Å². The first kappa shape index (κ1) is 13.1. The zero-order chi connectivity index (χ0) is 13.3. The number of nitrogen functional groups attached to an aromatic ring is 1. The zero-order valence-electron chi connectivity index (χ0n) is 11.8. The maximum Gasteiger partial charge on any atom is 0.135 e. The molecule has 1 aliphatic carbocycles. The first-order valence-electron chi connectivity index (χ1n) is 6.89. The van der Waals surface area contributed by atoms with E-state index in [-0.39, 0.29) is 0 Å².